The molecule has 2 amide bonds. The van der Waals surface area contributed by atoms with Crippen LogP contribution >= 0.6 is 0 Å². The number of rotatable bonds is 6. The van der Waals surface area contributed by atoms with Crippen LogP contribution in [0.15, 0.2) is 48.5 Å². The largest absolute Gasteiger partial charge is 0.497 e. The van der Waals surface area contributed by atoms with Crippen LogP contribution in [0.2, 0.25) is 0 Å². The molecular weight excluding hydrogens is 314 g/mol. The molecule has 2 N–H and O–H groups in total. The van der Waals surface area contributed by atoms with Gasteiger partial charge in [-0.05, 0) is 61.3 Å². The number of anilines is 1. The van der Waals surface area contributed by atoms with Crippen molar-refractivity contribution >= 4 is 11.7 Å². The van der Waals surface area contributed by atoms with Crippen LogP contribution in [-0.4, -0.2) is 31.1 Å². The SMILES string of the molecule is COc1ccc(CNC(=O)Nc2ccc(CN3CCCC3)cc2)cc1. The summed E-state index contributed by atoms with van der Waals surface area (Å²) in [6.07, 6.45) is 2.60. The summed E-state index contributed by atoms with van der Waals surface area (Å²) in [7, 11) is 1.64. The third-order valence-electron chi connectivity index (χ3n) is 4.43. The first-order valence-corrected chi connectivity index (χ1v) is 8.72. The van der Waals surface area contributed by atoms with Crippen LogP contribution in [0, 0.1) is 0 Å². The van der Waals surface area contributed by atoms with Crippen molar-refractivity contribution in [3.63, 3.8) is 0 Å². The van der Waals surface area contributed by atoms with Gasteiger partial charge in [0.25, 0.3) is 0 Å². The quantitative estimate of drug-likeness (QED) is 0.845. The van der Waals surface area contributed by atoms with Crippen LogP contribution in [-0.2, 0) is 13.1 Å². The van der Waals surface area contributed by atoms with Crippen molar-refractivity contribution in [2.24, 2.45) is 0 Å². The highest BCUT2D eigenvalue weighted by Gasteiger charge is 2.11. The molecule has 1 fully saturated rings. The molecule has 0 aliphatic carbocycles. The Morgan fingerprint density at radius 1 is 1.00 bits per heavy atom. The van der Waals surface area contributed by atoms with E-state index in [9.17, 15) is 4.79 Å². The predicted molar refractivity (Wildman–Crippen MR) is 99.8 cm³/mol. The monoisotopic (exact) mass is 339 g/mol. The Bertz CT molecular complexity index is 677. The first-order chi connectivity index (χ1) is 12.2. The Labute approximate surface area is 149 Å². The third kappa shape index (κ3) is 5.22. The van der Waals surface area contributed by atoms with Crippen molar-refractivity contribution < 1.29 is 9.53 Å². The molecule has 3 rings (SSSR count). The Morgan fingerprint density at radius 3 is 2.28 bits per heavy atom. The standard InChI is InChI=1S/C20H25N3O2/c1-25-19-10-6-16(7-11-19)14-21-20(24)22-18-8-4-17(5-9-18)15-23-12-2-3-13-23/h4-11H,2-3,12-15H2,1H3,(H2,21,22,24). The summed E-state index contributed by atoms with van der Waals surface area (Å²) < 4.78 is 5.12. The van der Waals surface area contributed by atoms with Crippen molar-refractivity contribution in [2.75, 3.05) is 25.5 Å². The molecule has 0 saturated carbocycles. The predicted octanol–water partition coefficient (Wildman–Crippen LogP) is 3.61. The van der Waals surface area contributed by atoms with E-state index in [0.29, 0.717) is 6.54 Å². The number of urea groups is 1. The van der Waals surface area contributed by atoms with Crippen molar-refractivity contribution in [3.05, 3.63) is 59.7 Å². The lowest BCUT2D eigenvalue weighted by Gasteiger charge is -2.15. The van der Waals surface area contributed by atoms with Crippen LogP contribution in [0.4, 0.5) is 10.5 Å². The molecule has 0 unspecified atom stereocenters. The Kier molecular flexibility index (Phi) is 5.90. The van der Waals surface area contributed by atoms with E-state index in [2.05, 4.69) is 27.7 Å². The molecule has 25 heavy (non-hydrogen) atoms. The van der Waals surface area contributed by atoms with Gasteiger partial charge in [-0.15, -0.1) is 0 Å². The number of benzene rings is 2. The molecule has 1 aliphatic heterocycles. The van der Waals surface area contributed by atoms with Gasteiger partial charge in [-0.2, -0.15) is 0 Å². The highest BCUT2D eigenvalue weighted by Crippen LogP contribution is 2.15. The lowest BCUT2D eigenvalue weighted by Crippen LogP contribution is -2.28. The van der Waals surface area contributed by atoms with Gasteiger partial charge in [0.1, 0.15) is 5.75 Å². The smallest absolute Gasteiger partial charge is 0.319 e. The lowest BCUT2D eigenvalue weighted by molar-refractivity contribution is 0.251. The molecule has 0 radical (unpaired) electrons. The van der Waals surface area contributed by atoms with Gasteiger partial charge < -0.3 is 15.4 Å². The Hall–Kier alpha value is -2.53. The van der Waals surface area contributed by atoms with Gasteiger partial charge in [-0.3, -0.25) is 4.90 Å². The highest BCUT2D eigenvalue weighted by atomic mass is 16.5. The van der Waals surface area contributed by atoms with Crippen molar-refractivity contribution in [1.29, 1.82) is 0 Å². The van der Waals surface area contributed by atoms with Gasteiger partial charge in [0, 0.05) is 18.8 Å². The van der Waals surface area contributed by atoms with Gasteiger partial charge in [0.15, 0.2) is 0 Å². The van der Waals surface area contributed by atoms with E-state index in [1.807, 2.05) is 36.4 Å². The average Bonchev–Trinajstić information content (AvgIpc) is 3.15. The molecular formula is C20H25N3O2. The number of methoxy groups -OCH3 is 1. The van der Waals surface area contributed by atoms with E-state index in [-0.39, 0.29) is 6.03 Å². The van der Waals surface area contributed by atoms with Crippen LogP contribution in [0.25, 0.3) is 0 Å². The summed E-state index contributed by atoms with van der Waals surface area (Å²) in [6.45, 7) is 3.84. The Morgan fingerprint density at radius 2 is 1.64 bits per heavy atom. The topological polar surface area (TPSA) is 53.6 Å². The molecule has 0 spiro atoms. The van der Waals surface area contributed by atoms with Crippen LogP contribution in [0.5, 0.6) is 5.75 Å². The van der Waals surface area contributed by atoms with E-state index < -0.39 is 0 Å². The number of hydrogen-bond acceptors (Lipinski definition) is 3. The van der Waals surface area contributed by atoms with Crippen LogP contribution < -0.4 is 15.4 Å². The number of nitrogens with zero attached hydrogens (tertiary/aromatic N) is 1. The van der Waals surface area contributed by atoms with E-state index in [1.54, 1.807) is 7.11 Å². The zero-order valence-electron chi connectivity index (χ0n) is 14.6. The van der Waals surface area contributed by atoms with E-state index in [0.717, 1.165) is 23.5 Å². The molecule has 5 heteroatoms. The lowest BCUT2D eigenvalue weighted by atomic mass is 10.2. The van der Waals surface area contributed by atoms with Crippen molar-refractivity contribution in [2.45, 2.75) is 25.9 Å². The second-order valence-electron chi connectivity index (χ2n) is 6.34. The molecule has 2 aromatic rings. The number of likely N-dealkylation sites (tertiary alicyclic amines) is 1. The fraction of sp³-hybridized carbons (Fsp3) is 0.350. The minimum absolute atomic E-state index is 0.205. The molecule has 2 aromatic carbocycles. The van der Waals surface area contributed by atoms with Crippen LogP contribution in [0.1, 0.15) is 24.0 Å². The fourth-order valence-electron chi connectivity index (χ4n) is 2.99. The molecule has 132 valence electrons. The zero-order valence-corrected chi connectivity index (χ0v) is 14.6. The number of amides is 2. The summed E-state index contributed by atoms with van der Waals surface area (Å²) >= 11 is 0. The number of carbonyl (C=O) groups is 1. The van der Waals surface area contributed by atoms with Gasteiger partial charge in [0.2, 0.25) is 0 Å². The first kappa shape index (κ1) is 17.3. The van der Waals surface area contributed by atoms with E-state index in [4.69, 9.17) is 4.74 Å². The average molecular weight is 339 g/mol. The Balaban J connectivity index is 1.45. The van der Waals surface area contributed by atoms with Crippen molar-refractivity contribution in [1.82, 2.24) is 10.2 Å². The third-order valence-corrected chi connectivity index (χ3v) is 4.43. The maximum absolute atomic E-state index is 12.0. The summed E-state index contributed by atoms with van der Waals surface area (Å²) in [5, 5.41) is 5.73. The summed E-state index contributed by atoms with van der Waals surface area (Å²) in [6, 6.07) is 15.5. The van der Waals surface area contributed by atoms with Gasteiger partial charge in [-0.1, -0.05) is 24.3 Å². The molecule has 1 heterocycles. The van der Waals surface area contributed by atoms with Gasteiger partial charge >= 0.3 is 6.03 Å². The first-order valence-electron chi connectivity index (χ1n) is 8.72. The van der Waals surface area contributed by atoms with Gasteiger partial charge in [-0.25, -0.2) is 4.79 Å². The fourth-order valence-corrected chi connectivity index (χ4v) is 2.99. The summed E-state index contributed by atoms with van der Waals surface area (Å²) in [5.41, 5.74) is 3.11. The summed E-state index contributed by atoms with van der Waals surface area (Å²) in [4.78, 5) is 14.5. The van der Waals surface area contributed by atoms with E-state index >= 15 is 0 Å². The highest BCUT2D eigenvalue weighted by molar-refractivity contribution is 5.89. The van der Waals surface area contributed by atoms with E-state index in [1.165, 1.54) is 31.5 Å². The normalized spacial score (nSPS) is 14.3. The van der Waals surface area contributed by atoms with Crippen LogP contribution in [0.3, 0.4) is 0 Å². The molecule has 5 nitrogen and oxygen atoms in total. The molecule has 1 aliphatic rings. The molecule has 0 aromatic heterocycles. The minimum Gasteiger partial charge on any atom is -0.497 e. The second-order valence-corrected chi connectivity index (χ2v) is 6.34. The molecule has 0 bridgehead atoms. The van der Waals surface area contributed by atoms with Crippen molar-refractivity contribution in [3.8, 4) is 5.75 Å². The maximum Gasteiger partial charge on any atom is 0.319 e. The zero-order chi connectivity index (χ0) is 17.5. The summed E-state index contributed by atoms with van der Waals surface area (Å²) in [5.74, 6) is 0.808. The minimum atomic E-state index is -0.205. The number of carbonyl (C=O) groups excluding carboxylic acids is 1. The molecule has 0 atom stereocenters. The maximum atomic E-state index is 12.0. The molecule has 1 saturated heterocycles. The number of nitrogens with one attached hydrogen (secondary N) is 2. The number of ether oxygens (including phenoxy) is 1. The number of hydrogen-bond donors (Lipinski definition) is 2. The second kappa shape index (κ2) is 8.53. The van der Waals surface area contributed by atoms with Gasteiger partial charge in [0.05, 0.1) is 7.11 Å².